The van der Waals surface area contributed by atoms with Gasteiger partial charge in [-0.1, -0.05) is 17.3 Å². The number of benzene rings is 1. The first-order valence-corrected chi connectivity index (χ1v) is 3.48. The van der Waals surface area contributed by atoms with E-state index in [0.29, 0.717) is 0 Å². The lowest BCUT2D eigenvalue weighted by Crippen LogP contribution is -2.30. The molecule has 0 aliphatic rings. The van der Waals surface area contributed by atoms with Gasteiger partial charge in [0.15, 0.2) is 0 Å². The number of hydrogen-bond acceptors (Lipinski definition) is 4. The summed E-state index contributed by atoms with van der Waals surface area (Å²) >= 11 is 0. The molecular weight excluding hydrogens is 176 g/mol. The van der Waals surface area contributed by atoms with Gasteiger partial charge in [-0.3, -0.25) is 0 Å². The lowest BCUT2D eigenvalue weighted by atomic mass is 9.80. The molecule has 0 saturated heterocycles. The van der Waals surface area contributed by atoms with Gasteiger partial charge < -0.3 is 15.3 Å². The maximum Gasteiger partial charge on any atom is 0.488 e. The van der Waals surface area contributed by atoms with Crippen molar-refractivity contribution in [1.29, 1.82) is 0 Å². The minimum atomic E-state index is -1.70. The molecule has 1 aromatic rings. The van der Waals surface area contributed by atoms with Crippen molar-refractivity contribution in [1.82, 2.24) is 0 Å². The minimum Gasteiger partial charge on any atom is -0.423 e. The van der Waals surface area contributed by atoms with Crippen molar-refractivity contribution in [3.05, 3.63) is 29.6 Å². The van der Waals surface area contributed by atoms with Crippen LogP contribution in [0.25, 0.3) is 0 Å². The lowest BCUT2D eigenvalue weighted by Gasteiger charge is -2.00. The standard InChI is InChI=1S/C7H7BFNO3/c9-7-3-6(8(11)12)2-1-5(7)4-10-13/h1-4,11-13H/b10-4+. The molecule has 0 aliphatic heterocycles. The molecule has 0 unspecified atom stereocenters. The number of hydrogen-bond donors (Lipinski definition) is 3. The van der Waals surface area contributed by atoms with E-state index in [2.05, 4.69) is 5.16 Å². The van der Waals surface area contributed by atoms with Crippen LogP contribution in [0.3, 0.4) is 0 Å². The van der Waals surface area contributed by atoms with Crippen molar-refractivity contribution in [3.63, 3.8) is 0 Å². The van der Waals surface area contributed by atoms with Crippen LogP contribution in [0.4, 0.5) is 4.39 Å². The zero-order valence-electron chi connectivity index (χ0n) is 6.55. The second-order valence-electron chi connectivity index (χ2n) is 2.40. The summed E-state index contributed by atoms with van der Waals surface area (Å²) in [5, 5.41) is 28.1. The van der Waals surface area contributed by atoms with Crippen molar-refractivity contribution >= 4 is 18.8 Å². The summed E-state index contributed by atoms with van der Waals surface area (Å²) in [6, 6.07) is 3.57. The summed E-state index contributed by atoms with van der Waals surface area (Å²) in [4.78, 5) is 0. The molecule has 0 radical (unpaired) electrons. The molecule has 4 nitrogen and oxygen atoms in total. The van der Waals surface area contributed by atoms with Crippen LogP contribution in [0.1, 0.15) is 5.56 Å². The van der Waals surface area contributed by atoms with Crippen LogP contribution in [0.15, 0.2) is 23.4 Å². The average molecular weight is 183 g/mol. The number of nitrogens with zero attached hydrogens (tertiary/aromatic N) is 1. The second-order valence-corrected chi connectivity index (χ2v) is 2.40. The van der Waals surface area contributed by atoms with Crippen LogP contribution in [-0.4, -0.2) is 28.6 Å². The predicted molar refractivity (Wildman–Crippen MR) is 45.6 cm³/mol. The third-order valence-electron chi connectivity index (χ3n) is 1.52. The normalized spacial score (nSPS) is 10.7. The molecular formula is C7H7BFNO3. The van der Waals surface area contributed by atoms with Gasteiger partial charge in [-0.05, 0) is 11.5 Å². The van der Waals surface area contributed by atoms with Crippen LogP contribution < -0.4 is 5.46 Å². The maximum atomic E-state index is 13.0. The first-order chi connectivity index (χ1) is 6.15. The predicted octanol–water partition coefficient (Wildman–Crippen LogP) is -0.686. The zero-order valence-corrected chi connectivity index (χ0v) is 6.55. The fourth-order valence-electron chi connectivity index (χ4n) is 0.871. The van der Waals surface area contributed by atoms with Gasteiger partial charge in [0.25, 0.3) is 0 Å². The molecule has 0 atom stereocenters. The summed E-state index contributed by atoms with van der Waals surface area (Å²) in [5.41, 5.74) is 0.125. The third-order valence-corrected chi connectivity index (χ3v) is 1.52. The number of oxime groups is 1. The van der Waals surface area contributed by atoms with E-state index in [4.69, 9.17) is 15.3 Å². The zero-order chi connectivity index (χ0) is 9.84. The van der Waals surface area contributed by atoms with E-state index in [0.717, 1.165) is 12.3 Å². The molecule has 6 heteroatoms. The van der Waals surface area contributed by atoms with Gasteiger partial charge in [-0.2, -0.15) is 0 Å². The molecule has 1 aromatic carbocycles. The summed E-state index contributed by atoms with van der Waals surface area (Å²) < 4.78 is 13.0. The summed E-state index contributed by atoms with van der Waals surface area (Å²) in [5.74, 6) is -0.677. The van der Waals surface area contributed by atoms with Gasteiger partial charge in [0.2, 0.25) is 0 Å². The highest BCUT2D eigenvalue weighted by Gasteiger charge is 2.12. The quantitative estimate of drug-likeness (QED) is 0.246. The molecule has 0 amide bonds. The van der Waals surface area contributed by atoms with Crippen molar-refractivity contribution < 1.29 is 19.6 Å². The van der Waals surface area contributed by atoms with E-state index in [1.54, 1.807) is 0 Å². The average Bonchev–Trinajstić information content (AvgIpc) is 2.08. The highest BCUT2D eigenvalue weighted by molar-refractivity contribution is 6.58. The van der Waals surface area contributed by atoms with Crippen LogP contribution in [-0.2, 0) is 0 Å². The SMILES string of the molecule is O/N=C/c1ccc(B(O)O)cc1F. The smallest absolute Gasteiger partial charge is 0.423 e. The summed E-state index contributed by atoms with van der Waals surface area (Å²) in [7, 11) is -1.70. The van der Waals surface area contributed by atoms with Gasteiger partial charge in [-0.25, -0.2) is 4.39 Å². The van der Waals surface area contributed by atoms with E-state index < -0.39 is 12.9 Å². The van der Waals surface area contributed by atoms with Gasteiger partial charge in [0.1, 0.15) is 5.82 Å². The largest absolute Gasteiger partial charge is 0.488 e. The Hall–Kier alpha value is -1.40. The molecule has 3 N–H and O–H groups in total. The molecule has 0 aromatic heterocycles. The van der Waals surface area contributed by atoms with E-state index in [1.807, 2.05) is 0 Å². The highest BCUT2D eigenvalue weighted by Crippen LogP contribution is 2.01. The van der Waals surface area contributed by atoms with Crippen LogP contribution >= 0.6 is 0 Å². The van der Waals surface area contributed by atoms with E-state index in [9.17, 15) is 4.39 Å². The fourth-order valence-corrected chi connectivity index (χ4v) is 0.871. The van der Waals surface area contributed by atoms with Gasteiger partial charge in [0, 0.05) is 5.56 Å². The Labute approximate surface area is 74.1 Å². The maximum absolute atomic E-state index is 13.0. The second kappa shape index (κ2) is 4.02. The Kier molecular flexibility index (Phi) is 3.00. The van der Waals surface area contributed by atoms with Crippen LogP contribution in [0, 0.1) is 5.82 Å². The van der Waals surface area contributed by atoms with Gasteiger partial charge >= 0.3 is 7.12 Å². The van der Waals surface area contributed by atoms with Crippen molar-refractivity contribution in [2.24, 2.45) is 5.16 Å². The highest BCUT2D eigenvalue weighted by atomic mass is 19.1. The molecule has 0 aliphatic carbocycles. The molecule has 0 bridgehead atoms. The van der Waals surface area contributed by atoms with Crippen molar-refractivity contribution in [2.75, 3.05) is 0 Å². The van der Waals surface area contributed by atoms with Crippen LogP contribution in [0.5, 0.6) is 0 Å². The molecule has 0 spiro atoms. The Balaban J connectivity index is 3.05. The molecule has 68 valence electrons. The van der Waals surface area contributed by atoms with Gasteiger partial charge in [0.05, 0.1) is 6.21 Å². The molecule has 1 rings (SSSR count). The summed E-state index contributed by atoms with van der Waals surface area (Å²) in [6.45, 7) is 0. The Bertz CT molecular complexity index is 330. The first kappa shape index (κ1) is 9.69. The first-order valence-electron chi connectivity index (χ1n) is 3.48. The minimum absolute atomic E-state index is 0.0487. The number of halogens is 1. The van der Waals surface area contributed by atoms with E-state index in [-0.39, 0.29) is 11.0 Å². The molecule has 0 fully saturated rings. The Morgan fingerprint density at radius 2 is 2.08 bits per heavy atom. The van der Waals surface area contributed by atoms with E-state index >= 15 is 0 Å². The molecule has 0 saturated carbocycles. The summed E-state index contributed by atoms with van der Waals surface area (Å²) in [6.07, 6.45) is 0.920. The van der Waals surface area contributed by atoms with Gasteiger partial charge in [-0.15, -0.1) is 0 Å². The van der Waals surface area contributed by atoms with Crippen LogP contribution in [0.2, 0.25) is 0 Å². The third kappa shape index (κ3) is 2.27. The fraction of sp³-hybridized carbons (Fsp3) is 0. The molecule has 13 heavy (non-hydrogen) atoms. The van der Waals surface area contributed by atoms with Crippen molar-refractivity contribution in [2.45, 2.75) is 0 Å². The van der Waals surface area contributed by atoms with E-state index in [1.165, 1.54) is 12.1 Å². The number of rotatable bonds is 2. The Morgan fingerprint density at radius 1 is 1.38 bits per heavy atom. The Morgan fingerprint density at radius 3 is 2.54 bits per heavy atom. The monoisotopic (exact) mass is 183 g/mol. The topological polar surface area (TPSA) is 73.1 Å². The van der Waals surface area contributed by atoms with Crippen molar-refractivity contribution in [3.8, 4) is 0 Å². The molecule has 0 heterocycles. The lowest BCUT2D eigenvalue weighted by molar-refractivity contribution is 0.321.